The van der Waals surface area contributed by atoms with Gasteiger partial charge >= 0.3 is 5.97 Å². The van der Waals surface area contributed by atoms with Gasteiger partial charge in [-0.05, 0) is 33.6 Å². The number of morpholine rings is 1. The van der Waals surface area contributed by atoms with Crippen LogP contribution in [0, 0.1) is 0 Å². The number of hydrogen-bond acceptors (Lipinski definition) is 3. The van der Waals surface area contributed by atoms with Crippen LogP contribution < -0.4 is 0 Å². The van der Waals surface area contributed by atoms with Crippen LogP contribution in [0.3, 0.4) is 0 Å². The molecule has 6 heteroatoms. The first kappa shape index (κ1) is 14.8. The summed E-state index contributed by atoms with van der Waals surface area (Å²) in [6, 6.07) is 5.44. The van der Waals surface area contributed by atoms with Crippen molar-refractivity contribution in [2.24, 2.45) is 0 Å². The summed E-state index contributed by atoms with van der Waals surface area (Å²) >= 11 is 9.44. The summed E-state index contributed by atoms with van der Waals surface area (Å²) in [7, 11) is 0. The van der Waals surface area contributed by atoms with Gasteiger partial charge in [-0.3, -0.25) is 9.69 Å². The normalized spacial score (nSPS) is 18.2. The van der Waals surface area contributed by atoms with Gasteiger partial charge in [0.15, 0.2) is 0 Å². The Hall–Kier alpha value is -0.620. The Morgan fingerprint density at radius 2 is 2.16 bits per heavy atom. The second-order valence-electron chi connectivity index (χ2n) is 4.44. The molecule has 1 N–H and O–H groups in total. The fourth-order valence-corrected chi connectivity index (χ4v) is 2.67. The summed E-state index contributed by atoms with van der Waals surface area (Å²) in [5.41, 5.74) is 0.928. The first-order valence-electron chi connectivity index (χ1n) is 6.06. The van der Waals surface area contributed by atoms with Gasteiger partial charge in [-0.1, -0.05) is 17.7 Å². The quantitative estimate of drug-likeness (QED) is 0.909. The van der Waals surface area contributed by atoms with E-state index >= 15 is 0 Å². The zero-order valence-corrected chi connectivity index (χ0v) is 12.7. The average molecular weight is 349 g/mol. The summed E-state index contributed by atoms with van der Waals surface area (Å²) in [4.78, 5) is 13.2. The lowest BCUT2D eigenvalue weighted by Crippen LogP contribution is -2.39. The SMILES string of the molecule is O=C(O)CC(c1ccc(Br)c(Cl)c1)N1CCOCC1. The maximum absolute atomic E-state index is 11.1. The van der Waals surface area contributed by atoms with E-state index in [9.17, 15) is 4.79 Å². The van der Waals surface area contributed by atoms with E-state index in [0.717, 1.165) is 23.1 Å². The van der Waals surface area contributed by atoms with Gasteiger partial charge in [0.05, 0.1) is 24.7 Å². The van der Waals surface area contributed by atoms with Crippen LogP contribution in [0.5, 0.6) is 0 Å². The maximum atomic E-state index is 11.1. The molecule has 1 atom stereocenters. The molecule has 0 aliphatic carbocycles. The number of ether oxygens (including phenoxy) is 1. The Balaban J connectivity index is 2.24. The van der Waals surface area contributed by atoms with Crippen LogP contribution in [0.15, 0.2) is 22.7 Å². The van der Waals surface area contributed by atoms with E-state index in [1.165, 1.54) is 0 Å². The largest absolute Gasteiger partial charge is 0.481 e. The van der Waals surface area contributed by atoms with Gasteiger partial charge in [0, 0.05) is 23.6 Å². The minimum atomic E-state index is -0.810. The van der Waals surface area contributed by atoms with Gasteiger partial charge < -0.3 is 9.84 Å². The fourth-order valence-electron chi connectivity index (χ4n) is 2.23. The summed E-state index contributed by atoms with van der Waals surface area (Å²) in [5, 5.41) is 9.70. The van der Waals surface area contributed by atoms with Crippen LogP contribution in [0.1, 0.15) is 18.0 Å². The van der Waals surface area contributed by atoms with E-state index in [4.69, 9.17) is 21.4 Å². The average Bonchev–Trinajstić information content (AvgIpc) is 2.40. The maximum Gasteiger partial charge on any atom is 0.305 e. The summed E-state index contributed by atoms with van der Waals surface area (Å²) in [5.74, 6) is -0.810. The first-order valence-corrected chi connectivity index (χ1v) is 7.23. The standard InChI is InChI=1S/C13H15BrClNO3/c14-10-2-1-9(7-11(10)15)12(8-13(17)18)16-3-5-19-6-4-16/h1-2,7,12H,3-6,8H2,(H,17,18). The molecule has 1 aromatic rings. The molecule has 1 aromatic carbocycles. The molecule has 4 nitrogen and oxygen atoms in total. The van der Waals surface area contributed by atoms with Crippen molar-refractivity contribution in [3.05, 3.63) is 33.3 Å². The highest BCUT2D eigenvalue weighted by atomic mass is 79.9. The number of benzene rings is 1. The molecule has 0 amide bonds. The van der Waals surface area contributed by atoms with Gasteiger partial charge in [-0.2, -0.15) is 0 Å². The Morgan fingerprint density at radius 1 is 1.47 bits per heavy atom. The molecule has 0 saturated carbocycles. The number of halogens is 2. The number of carboxylic acid groups (broad SMARTS) is 1. The lowest BCUT2D eigenvalue weighted by molar-refractivity contribution is -0.139. The smallest absolute Gasteiger partial charge is 0.305 e. The molecule has 0 bridgehead atoms. The highest BCUT2D eigenvalue weighted by molar-refractivity contribution is 9.10. The molecule has 1 aliphatic rings. The van der Waals surface area contributed by atoms with E-state index in [2.05, 4.69) is 20.8 Å². The lowest BCUT2D eigenvalue weighted by Gasteiger charge is -2.34. The molecule has 2 rings (SSSR count). The molecular formula is C13H15BrClNO3. The van der Waals surface area contributed by atoms with Crippen molar-refractivity contribution in [2.45, 2.75) is 12.5 Å². The first-order chi connectivity index (χ1) is 9.08. The fraction of sp³-hybridized carbons (Fsp3) is 0.462. The van der Waals surface area contributed by atoms with Gasteiger partial charge in [0.2, 0.25) is 0 Å². The minimum absolute atomic E-state index is 0.0674. The monoisotopic (exact) mass is 347 g/mol. The third-order valence-electron chi connectivity index (χ3n) is 3.18. The van der Waals surface area contributed by atoms with E-state index < -0.39 is 5.97 Å². The number of nitrogens with zero attached hydrogens (tertiary/aromatic N) is 1. The topological polar surface area (TPSA) is 49.8 Å². The van der Waals surface area contributed by atoms with Crippen molar-refractivity contribution in [1.29, 1.82) is 0 Å². The van der Waals surface area contributed by atoms with Crippen LogP contribution >= 0.6 is 27.5 Å². The van der Waals surface area contributed by atoms with Crippen molar-refractivity contribution >= 4 is 33.5 Å². The minimum Gasteiger partial charge on any atom is -0.481 e. The summed E-state index contributed by atoms with van der Waals surface area (Å²) < 4.78 is 6.12. The van der Waals surface area contributed by atoms with Crippen molar-refractivity contribution < 1.29 is 14.6 Å². The second kappa shape index (κ2) is 6.70. The predicted octanol–water partition coefficient (Wildman–Crippen LogP) is 2.95. The molecule has 1 aliphatic heterocycles. The second-order valence-corrected chi connectivity index (χ2v) is 5.70. The summed E-state index contributed by atoms with van der Waals surface area (Å²) in [6.07, 6.45) is 0.0674. The van der Waals surface area contributed by atoms with Crippen LogP contribution in [0.4, 0.5) is 0 Å². The number of aliphatic carboxylic acids is 1. The third-order valence-corrected chi connectivity index (χ3v) is 4.42. The molecular weight excluding hydrogens is 334 g/mol. The predicted molar refractivity (Wildman–Crippen MR) is 76.5 cm³/mol. The molecule has 0 radical (unpaired) electrons. The van der Waals surface area contributed by atoms with Crippen LogP contribution in [0.25, 0.3) is 0 Å². The third kappa shape index (κ3) is 3.92. The molecule has 1 heterocycles. The van der Waals surface area contributed by atoms with Crippen LogP contribution in [0.2, 0.25) is 5.02 Å². The lowest BCUT2D eigenvalue weighted by atomic mass is 10.0. The van der Waals surface area contributed by atoms with E-state index in [1.807, 2.05) is 18.2 Å². The van der Waals surface area contributed by atoms with Gasteiger partial charge in [0.1, 0.15) is 0 Å². The zero-order valence-electron chi connectivity index (χ0n) is 10.3. The van der Waals surface area contributed by atoms with E-state index in [-0.39, 0.29) is 12.5 Å². The van der Waals surface area contributed by atoms with Crippen molar-refractivity contribution in [2.75, 3.05) is 26.3 Å². The van der Waals surface area contributed by atoms with Gasteiger partial charge in [-0.15, -0.1) is 0 Å². The Kier molecular flexibility index (Phi) is 5.21. The molecule has 1 unspecified atom stereocenters. The number of carboxylic acids is 1. The van der Waals surface area contributed by atoms with Crippen molar-refractivity contribution in [3.63, 3.8) is 0 Å². The molecule has 0 spiro atoms. The van der Waals surface area contributed by atoms with E-state index in [0.29, 0.717) is 18.2 Å². The Morgan fingerprint density at radius 3 is 2.74 bits per heavy atom. The number of rotatable bonds is 4. The van der Waals surface area contributed by atoms with E-state index in [1.54, 1.807) is 0 Å². The Bertz CT molecular complexity index is 463. The van der Waals surface area contributed by atoms with Crippen molar-refractivity contribution in [3.8, 4) is 0 Å². The van der Waals surface area contributed by atoms with Gasteiger partial charge in [0.25, 0.3) is 0 Å². The number of hydrogen-bond donors (Lipinski definition) is 1. The van der Waals surface area contributed by atoms with Gasteiger partial charge in [-0.25, -0.2) is 0 Å². The zero-order chi connectivity index (χ0) is 13.8. The molecule has 1 saturated heterocycles. The molecule has 1 fully saturated rings. The van der Waals surface area contributed by atoms with Crippen LogP contribution in [-0.4, -0.2) is 42.3 Å². The van der Waals surface area contributed by atoms with Crippen LogP contribution in [-0.2, 0) is 9.53 Å². The number of carbonyl (C=O) groups is 1. The highest BCUT2D eigenvalue weighted by Crippen LogP contribution is 2.31. The molecule has 104 valence electrons. The summed E-state index contributed by atoms with van der Waals surface area (Å²) in [6.45, 7) is 2.76. The Labute approximate surface area is 125 Å². The molecule has 0 aromatic heterocycles. The highest BCUT2D eigenvalue weighted by Gasteiger charge is 2.25. The van der Waals surface area contributed by atoms with Crippen molar-refractivity contribution in [1.82, 2.24) is 4.90 Å². The molecule has 19 heavy (non-hydrogen) atoms.